The van der Waals surface area contributed by atoms with E-state index in [9.17, 15) is 8.42 Å². The minimum atomic E-state index is -3.46. The Labute approximate surface area is 114 Å². The fourth-order valence-corrected chi connectivity index (χ4v) is 3.55. The highest BCUT2D eigenvalue weighted by Crippen LogP contribution is 2.18. The first-order valence-electron chi connectivity index (χ1n) is 6.46. The molecule has 1 aromatic carbocycles. The highest BCUT2D eigenvalue weighted by Gasteiger charge is 2.19. The van der Waals surface area contributed by atoms with Crippen molar-refractivity contribution in [2.24, 2.45) is 0 Å². The molecule has 0 bridgehead atoms. The molecule has 1 unspecified atom stereocenters. The van der Waals surface area contributed by atoms with Crippen molar-refractivity contribution in [2.45, 2.75) is 37.2 Å². The fraction of sp³-hybridized carbons (Fsp3) is 0.538. The van der Waals surface area contributed by atoms with Crippen molar-refractivity contribution in [1.29, 1.82) is 0 Å². The molecule has 1 aromatic rings. The average Bonchev–Trinajstić information content (AvgIpc) is 2.81. The van der Waals surface area contributed by atoms with Gasteiger partial charge in [-0.1, -0.05) is 0 Å². The van der Waals surface area contributed by atoms with Gasteiger partial charge in [0.05, 0.1) is 11.0 Å². The average molecular weight is 284 g/mol. The zero-order valence-corrected chi connectivity index (χ0v) is 11.9. The molecule has 0 radical (unpaired) electrons. The number of hydrogen-bond donors (Lipinski definition) is 2. The number of benzene rings is 1. The van der Waals surface area contributed by atoms with Crippen LogP contribution in [0.5, 0.6) is 0 Å². The van der Waals surface area contributed by atoms with E-state index in [1.54, 1.807) is 25.1 Å². The van der Waals surface area contributed by atoms with E-state index in [1.807, 2.05) is 0 Å². The number of ether oxygens (including phenoxy) is 1. The van der Waals surface area contributed by atoms with E-state index in [-0.39, 0.29) is 11.0 Å². The predicted molar refractivity (Wildman–Crippen MR) is 74.4 cm³/mol. The van der Waals surface area contributed by atoms with Crippen LogP contribution in [0.3, 0.4) is 0 Å². The molecule has 0 spiro atoms. The van der Waals surface area contributed by atoms with Crippen molar-refractivity contribution in [2.75, 3.05) is 18.9 Å². The van der Waals surface area contributed by atoms with Gasteiger partial charge in [0.1, 0.15) is 0 Å². The van der Waals surface area contributed by atoms with Gasteiger partial charge in [-0.15, -0.1) is 0 Å². The van der Waals surface area contributed by atoms with Gasteiger partial charge in [-0.05, 0) is 49.9 Å². The molecule has 0 amide bonds. The summed E-state index contributed by atoms with van der Waals surface area (Å²) in [5.41, 5.74) is 6.84. The second-order valence-electron chi connectivity index (χ2n) is 4.85. The summed E-state index contributed by atoms with van der Waals surface area (Å²) < 4.78 is 32.4. The number of nitrogens with two attached hydrogens (primary N) is 1. The Kier molecular flexibility index (Phi) is 4.44. The zero-order chi connectivity index (χ0) is 13.9. The predicted octanol–water partition coefficient (Wildman–Crippen LogP) is 1.42. The van der Waals surface area contributed by atoms with Gasteiger partial charge in [0.15, 0.2) is 0 Å². The van der Waals surface area contributed by atoms with E-state index in [4.69, 9.17) is 10.5 Å². The van der Waals surface area contributed by atoms with E-state index in [1.165, 1.54) is 0 Å². The maximum absolute atomic E-state index is 12.1. The van der Waals surface area contributed by atoms with Crippen LogP contribution in [0.15, 0.2) is 23.1 Å². The summed E-state index contributed by atoms with van der Waals surface area (Å²) in [6.07, 6.45) is 2.99. The maximum atomic E-state index is 12.1. The Morgan fingerprint density at radius 1 is 1.47 bits per heavy atom. The lowest BCUT2D eigenvalue weighted by molar-refractivity contribution is 0.105. The van der Waals surface area contributed by atoms with Crippen molar-refractivity contribution >= 4 is 15.7 Å². The molecule has 5 nitrogen and oxygen atoms in total. The van der Waals surface area contributed by atoms with Crippen LogP contribution in [-0.2, 0) is 14.8 Å². The van der Waals surface area contributed by atoms with Gasteiger partial charge in [-0.3, -0.25) is 0 Å². The summed E-state index contributed by atoms with van der Waals surface area (Å²) in [6.45, 7) is 2.93. The van der Waals surface area contributed by atoms with Gasteiger partial charge in [0.25, 0.3) is 0 Å². The first-order valence-corrected chi connectivity index (χ1v) is 7.95. The van der Waals surface area contributed by atoms with Crippen LogP contribution in [0.4, 0.5) is 5.69 Å². The van der Waals surface area contributed by atoms with Crippen LogP contribution in [-0.4, -0.2) is 27.7 Å². The number of nitrogen functional groups attached to an aromatic ring is 1. The third-order valence-electron chi connectivity index (χ3n) is 3.27. The van der Waals surface area contributed by atoms with Crippen LogP contribution in [0, 0.1) is 6.92 Å². The lowest BCUT2D eigenvalue weighted by atomic mass is 10.2. The normalized spacial score (nSPS) is 19.7. The van der Waals surface area contributed by atoms with Crippen molar-refractivity contribution in [3.05, 3.63) is 23.8 Å². The first kappa shape index (κ1) is 14.3. The molecule has 19 heavy (non-hydrogen) atoms. The van der Waals surface area contributed by atoms with E-state index in [2.05, 4.69) is 4.72 Å². The molecule has 6 heteroatoms. The number of sulfonamides is 1. The standard InChI is InChI=1S/C13H20N2O3S/c1-10-9-11(14)4-5-13(10)19(16,17)15-7-6-12-3-2-8-18-12/h4-5,9,12,15H,2-3,6-8,14H2,1H3. The molecular formula is C13H20N2O3S. The Morgan fingerprint density at radius 3 is 2.89 bits per heavy atom. The van der Waals surface area contributed by atoms with Crippen LogP contribution in [0.1, 0.15) is 24.8 Å². The van der Waals surface area contributed by atoms with E-state index < -0.39 is 10.0 Å². The largest absolute Gasteiger partial charge is 0.399 e. The molecular weight excluding hydrogens is 264 g/mol. The summed E-state index contributed by atoms with van der Waals surface area (Å²) in [7, 11) is -3.46. The van der Waals surface area contributed by atoms with Crippen LogP contribution in [0.2, 0.25) is 0 Å². The highest BCUT2D eigenvalue weighted by molar-refractivity contribution is 7.89. The minimum absolute atomic E-state index is 0.190. The molecule has 1 heterocycles. The number of hydrogen-bond acceptors (Lipinski definition) is 4. The van der Waals surface area contributed by atoms with Crippen molar-refractivity contribution in [3.63, 3.8) is 0 Å². The number of nitrogens with one attached hydrogen (secondary N) is 1. The Morgan fingerprint density at radius 2 is 2.26 bits per heavy atom. The van der Waals surface area contributed by atoms with Gasteiger partial charge in [-0.25, -0.2) is 13.1 Å². The molecule has 3 N–H and O–H groups in total. The second kappa shape index (κ2) is 5.90. The van der Waals surface area contributed by atoms with Gasteiger partial charge >= 0.3 is 0 Å². The molecule has 1 atom stereocenters. The third-order valence-corrected chi connectivity index (χ3v) is 4.89. The molecule has 1 aliphatic rings. The number of anilines is 1. The maximum Gasteiger partial charge on any atom is 0.240 e. The number of rotatable bonds is 5. The van der Waals surface area contributed by atoms with Gasteiger partial charge < -0.3 is 10.5 Å². The molecule has 0 saturated carbocycles. The topological polar surface area (TPSA) is 81.4 Å². The highest BCUT2D eigenvalue weighted by atomic mass is 32.2. The summed E-state index contributed by atoms with van der Waals surface area (Å²) in [5.74, 6) is 0. The quantitative estimate of drug-likeness (QED) is 0.801. The van der Waals surface area contributed by atoms with E-state index in [0.29, 0.717) is 24.2 Å². The molecule has 2 rings (SSSR count). The zero-order valence-electron chi connectivity index (χ0n) is 11.1. The van der Waals surface area contributed by atoms with Gasteiger partial charge in [-0.2, -0.15) is 0 Å². The monoisotopic (exact) mass is 284 g/mol. The van der Waals surface area contributed by atoms with E-state index >= 15 is 0 Å². The Bertz CT molecular complexity index is 537. The molecule has 1 saturated heterocycles. The van der Waals surface area contributed by atoms with Crippen LogP contribution < -0.4 is 10.5 Å². The van der Waals surface area contributed by atoms with Crippen LogP contribution in [0.25, 0.3) is 0 Å². The van der Waals surface area contributed by atoms with Crippen molar-refractivity contribution in [1.82, 2.24) is 4.72 Å². The summed E-state index contributed by atoms with van der Waals surface area (Å²) in [6, 6.07) is 4.80. The molecule has 1 aliphatic heterocycles. The van der Waals surface area contributed by atoms with Crippen molar-refractivity contribution < 1.29 is 13.2 Å². The first-order chi connectivity index (χ1) is 8.99. The lowest BCUT2D eigenvalue weighted by Gasteiger charge is -2.12. The third kappa shape index (κ3) is 3.68. The molecule has 0 aromatic heterocycles. The second-order valence-corrected chi connectivity index (χ2v) is 6.58. The van der Waals surface area contributed by atoms with Gasteiger partial charge in [0.2, 0.25) is 10.0 Å². The smallest absolute Gasteiger partial charge is 0.240 e. The van der Waals surface area contributed by atoms with E-state index in [0.717, 1.165) is 19.4 Å². The summed E-state index contributed by atoms with van der Waals surface area (Å²) in [5, 5.41) is 0. The fourth-order valence-electron chi connectivity index (χ4n) is 2.28. The number of aryl methyl sites for hydroxylation is 1. The molecule has 106 valence electrons. The summed E-state index contributed by atoms with van der Waals surface area (Å²) >= 11 is 0. The molecule has 1 fully saturated rings. The Hall–Kier alpha value is -1.11. The lowest BCUT2D eigenvalue weighted by Crippen LogP contribution is -2.27. The van der Waals surface area contributed by atoms with Crippen molar-refractivity contribution in [3.8, 4) is 0 Å². The van der Waals surface area contributed by atoms with Gasteiger partial charge in [0, 0.05) is 18.8 Å². The van der Waals surface area contributed by atoms with Crippen LogP contribution >= 0.6 is 0 Å². The molecule has 0 aliphatic carbocycles. The summed E-state index contributed by atoms with van der Waals surface area (Å²) in [4.78, 5) is 0.286. The minimum Gasteiger partial charge on any atom is -0.399 e. The SMILES string of the molecule is Cc1cc(N)ccc1S(=O)(=O)NCCC1CCCO1. The Balaban J connectivity index is 1.97.